The fourth-order valence-electron chi connectivity index (χ4n) is 2.17. The van der Waals surface area contributed by atoms with E-state index in [-0.39, 0.29) is 11.7 Å². The summed E-state index contributed by atoms with van der Waals surface area (Å²) < 4.78 is 11.2. The summed E-state index contributed by atoms with van der Waals surface area (Å²) in [5.74, 6) is 1.56. The van der Waals surface area contributed by atoms with Gasteiger partial charge in [-0.1, -0.05) is 29.3 Å². The van der Waals surface area contributed by atoms with E-state index in [9.17, 15) is 4.79 Å². The van der Waals surface area contributed by atoms with Gasteiger partial charge in [-0.25, -0.2) is 0 Å². The van der Waals surface area contributed by atoms with Crippen LogP contribution in [0, 0.1) is 0 Å². The normalized spacial score (nSPS) is 13.2. The third-order valence-corrected chi connectivity index (χ3v) is 5.13. The molecule has 0 aromatic heterocycles. The quantitative estimate of drug-likeness (QED) is 0.763. The van der Waals surface area contributed by atoms with E-state index in [1.807, 2.05) is 18.2 Å². The molecule has 0 saturated carbocycles. The molecule has 1 heterocycles. The minimum atomic E-state index is -0.156. The average molecular weight is 384 g/mol. The molecule has 0 unspecified atom stereocenters. The molecule has 126 valence electrons. The molecule has 0 bridgehead atoms. The van der Waals surface area contributed by atoms with Gasteiger partial charge in [-0.05, 0) is 30.3 Å². The van der Waals surface area contributed by atoms with Crippen molar-refractivity contribution in [3.8, 4) is 11.5 Å². The molecule has 2 aromatic carbocycles. The molecule has 1 N–H and O–H groups in total. The first-order valence-corrected chi connectivity index (χ1v) is 9.14. The zero-order valence-electron chi connectivity index (χ0n) is 12.7. The molecule has 1 amide bonds. The molecule has 0 spiro atoms. The minimum absolute atomic E-state index is 0.156. The molecule has 2 aromatic rings. The molecular formula is C17H15Cl2NO3S. The number of benzene rings is 2. The smallest absolute Gasteiger partial charge is 0.234 e. The van der Waals surface area contributed by atoms with Crippen molar-refractivity contribution in [3.63, 3.8) is 0 Å². The Bertz CT molecular complexity index is 755. The predicted octanol–water partition coefficient (Wildman–Crippen LogP) is 4.89. The maximum absolute atomic E-state index is 12.1. The van der Waals surface area contributed by atoms with Gasteiger partial charge in [0, 0.05) is 11.3 Å². The Morgan fingerprint density at radius 1 is 1.12 bits per heavy atom. The number of fused-ring (bicyclic) bond motifs is 1. The number of hydrogen-bond donors (Lipinski definition) is 1. The van der Waals surface area contributed by atoms with Crippen LogP contribution in [0.25, 0.3) is 0 Å². The number of carbonyl (C=O) groups excluding carboxylic acids is 1. The van der Waals surface area contributed by atoms with Gasteiger partial charge in [-0.15, -0.1) is 11.8 Å². The van der Waals surface area contributed by atoms with Crippen LogP contribution >= 0.6 is 35.0 Å². The number of rotatable bonds is 4. The van der Waals surface area contributed by atoms with Crippen molar-refractivity contribution in [2.24, 2.45) is 0 Å². The van der Waals surface area contributed by atoms with Gasteiger partial charge < -0.3 is 14.8 Å². The SMILES string of the molecule is O=C(CSc1ccc2c(c1)OCCCO2)Nc1cccc(Cl)c1Cl. The maximum Gasteiger partial charge on any atom is 0.234 e. The fraction of sp³-hybridized carbons (Fsp3) is 0.235. The highest BCUT2D eigenvalue weighted by Gasteiger charge is 2.12. The van der Waals surface area contributed by atoms with Crippen LogP contribution in [-0.2, 0) is 4.79 Å². The summed E-state index contributed by atoms with van der Waals surface area (Å²) in [5, 5.41) is 3.51. The Balaban J connectivity index is 1.60. The summed E-state index contributed by atoms with van der Waals surface area (Å²) in [7, 11) is 0. The summed E-state index contributed by atoms with van der Waals surface area (Å²) in [6.45, 7) is 1.29. The highest BCUT2D eigenvalue weighted by Crippen LogP contribution is 2.34. The summed E-state index contributed by atoms with van der Waals surface area (Å²) >= 11 is 13.4. The van der Waals surface area contributed by atoms with E-state index in [0.717, 1.165) is 22.8 Å². The van der Waals surface area contributed by atoms with Gasteiger partial charge in [0.25, 0.3) is 0 Å². The Kier molecular flexibility index (Phi) is 5.76. The Hall–Kier alpha value is -1.56. The minimum Gasteiger partial charge on any atom is -0.490 e. The molecule has 24 heavy (non-hydrogen) atoms. The second-order valence-corrected chi connectivity index (χ2v) is 6.93. The molecule has 7 heteroatoms. The van der Waals surface area contributed by atoms with Crippen LogP contribution in [0.15, 0.2) is 41.3 Å². The Morgan fingerprint density at radius 2 is 1.92 bits per heavy atom. The first kappa shape index (κ1) is 17.3. The molecule has 1 aliphatic heterocycles. The highest BCUT2D eigenvalue weighted by molar-refractivity contribution is 8.00. The van der Waals surface area contributed by atoms with E-state index in [0.29, 0.717) is 28.9 Å². The first-order valence-electron chi connectivity index (χ1n) is 7.40. The summed E-state index contributed by atoms with van der Waals surface area (Å²) in [4.78, 5) is 13.0. The molecule has 0 radical (unpaired) electrons. The Morgan fingerprint density at radius 3 is 2.75 bits per heavy atom. The molecule has 3 rings (SSSR count). The molecule has 4 nitrogen and oxygen atoms in total. The lowest BCUT2D eigenvalue weighted by molar-refractivity contribution is -0.113. The lowest BCUT2D eigenvalue weighted by Gasteiger charge is -2.10. The number of halogens is 2. The van der Waals surface area contributed by atoms with Crippen LogP contribution in [0.3, 0.4) is 0 Å². The van der Waals surface area contributed by atoms with Crippen molar-refractivity contribution in [2.45, 2.75) is 11.3 Å². The number of carbonyl (C=O) groups is 1. The van der Waals surface area contributed by atoms with Crippen molar-refractivity contribution < 1.29 is 14.3 Å². The second-order valence-electron chi connectivity index (χ2n) is 5.10. The Labute approximate surface area is 154 Å². The van der Waals surface area contributed by atoms with Crippen molar-refractivity contribution in [2.75, 3.05) is 24.3 Å². The van der Waals surface area contributed by atoms with Gasteiger partial charge in [0.1, 0.15) is 0 Å². The molecule has 0 atom stereocenters. The largest absolute Gasteiger partial charge is 0.490 e. The first-order chi connectivity index (χ1) is 11.6. The lowest BCUT2D eigenvalue weighted by atomic mass is 10.3. The highest BCUT2D eigenvalue weighted by atomic mass is 35.5. The van der Waals surface area contributed by atoms with Crippen LogP contribution in [0.5, 0.6) is 11.5 Å². The van der Waals surface area contributed by atoms with Gasteiger partial charge >= 0.3 is 0 Å². The van der Waals surface area contributed by atoms with Crippen molar-refractivity contribution >= 4 is 46.6 Å². The van der Waals surface area contributed by atoms with E-state index < -0.39 is 0 Å². The summed E-state index contributed by atoms with van der Waals surface area (Å²) in [5.41, 5.74) is 0.508. The fourth-order valence-corrected chi connectivity index (χ4v) is 3.24. The third-order valence-electron chi connectivity index (χ3n) is 3.31. The van der Waals surface area contributed by atoms with Gasteiger partial charge in [0.2, 0.25) is 5.91 Å². The van der Waals surface area contributed by atoms with Crippen molar-refractivity contribution in [1.82, 2.24) is 0 Å². The molecule has 0 saturated heterocycles. The standard InChI is InChI=1S/C17H15Cl2NO3S/c18-12-3-1-4-13(17(12)19)20-16(21)10-24-11-5-6-14-15(9-11)23-8-2-7-22-14/h1,3-6,9H,2,7-8,10H2,(H,20,21). The van der Waals surface area contributed by atoms with Crippen molar-refractivity contribution in [1.29, 1.82) is 0 Å². The molecule has 0 aliphatic carbocycles. The van der Waals surface area contributed by atoms with E-state index >= 15 is 0 Å². The van der Waals surface area contributed by atoms with Crippen LogP contribution in [0.1, 0.15) is 6.42 Å². The zero-order chi connectivity index (χ0) is 16.9. The van der Waals surface area contributed by atoms with Crippen LogP contribution in [-0.4, -0.2) is 24.9 Å². The number of nitrogens with one attached hydrogen (secondary N) is 1. The molecular weight excluding hydrogens is 369 g/mol. The molecule has 0 fully saturated rings. The van der Waals surface area contributed by atoms with Gasteiger partial charge in [-0.3, -0.25) is 4.79 Å². The number of amides is 1. The molecule has 1 aliphatic rings. The summed E-state index contributed by atoms with van der Waals surface area (Å²) in [6, 6.07) is 10.8. The van der Waals surface area contributed by atoms with E-state index in [2.05, 4.69) is 5.32 Å². The van der Waals surface area contributed by atoms with E-state index in [1.165, 1.54) is 11.8 Å². The summed E-state index contributed by atoms with van der Waals surface area (Å²) in [6.07, 6.45) is 0.861. The van der Waals surface area contributed by atoms with E-state index in [4.69, 9.17) is 32.7 Å². The predicted molar refractivity (Wildman–Crippen MR) is 97.9 cm³/mol. The average Bonchev–Trinajstić information content (AvgIpc) is 2.82. The van der Waals surface area contributed by atoms with Crippen LogP contribution in [0.4, 0.5) is 5.69 Å². The van der Waals surface area contributed by atoms with E-state index in [1.54, 1.807) is 18.2 Å². The van der Waals surface area contributed by atoms with Crippen LogP contribution in [0.2, 0.25) is 10.0 Å². The number of hydrogen-bond acceptors (Lipinski definition) is 4. The number of thioether (sulfide) groups is 1. The monoisotopic (exact) mass is 383 g/mol. The van der Waals surface area contributed by atoms with Gasteiger partial charge in [0.05, 0.1) is 34.7 Å². The maximum atomic E-state index is 12.1. The lowest BCUT2D eigenvalue weighted by Crippen LogP contribution is -2.14. The topological polar surface area (TPSA) is 47.6 Å². The number of ether oxygens (including phenoxy) is 2. The van der Waals surface area contributed by atoms with Crippen molar-refractivity contribution in [3.05, 3.63) is 46.4 Å². The zero-order valence-corrected chi connectivity index (χ0v) is 15.0. The van der Waals surface area contributed by atoms with Gasteiger partial charge in [0.15, 0.2) is 11.5 Å². The third kappa shape index (κ3) is 4.29. The van der Waals surface area contributed by atoms with Gasteiger partial charge in [-0.2, -0.15) is 0 Å². The second kappa shape index (κ2) is 8.01. The van der Waals surface area contributed by atoms with Crippen LogP contribution < -0.4 is 14.8 Å². The number of anilines is 1.